The second-order valence-electron chi connectivity index (χ2n) is 6.19. The Hall–Kier alpha value is -3.24. The third kappa shape index (κ3) is 3.73. The summed E-state index contributed by atoms with van der Waals surface area (Å²) in [4.78, 5) is 37.2. The zero-order valence-corrected chi connectivity index (χ0v) is 14.8. The SMILES string of the molecule is Cc1nc(C(C)N2Cc3c(ccnc3C(=O)O)C2=O)cnc1OCC(F)(F)F. The lowest BCUT2D eigenvalue weighted by Gasteiger charge is -2.24. The number of amides is 1. The maximum Gasteiger partial charge on any atom is 0.422 e. The summed E-state index contributed by atoms with van der Waals surface area (Å²) < 4.78 is 41.5. The number of carboxylic acid groups (broad SMARTS) is 1. The molecule has 0 aromatic carbocycles. The molecule has 1 unspecified atom stereocenters. The number of hydrogen-bond acceptors (Lipinski definition) is 6. The van der Waals surface area contributed by atoms with Gasteiger partial charge in [0, 0.05) is 23.9 Å². The van der Waals surface area contributed by atoms with Gasteiger partial charge in [-0.25, -0.2) is 19.7 Å². The quantitative estimate of drug-likeness (QED) is 0.828. The molecular formula is C17H15F3N4O4. The monoisotopic (exact) mass is 396 g/mol. The maximum atomic E-state index is 12.7. The molecule has 28 heavy (non-hydrogen) atoms. The number of aromatic carboxylic acids is 1. The summed E-state index contributed by atoms with van der Waals surface area (Å²) in [6.45, 7) is 1.65. The zero-order chi connectivity index (χ0) is 20.6. The standard InChI is InChI=1S/C17H15F3N4O4/c1-8-14(28-7-17(18,19)20)22-5-12(23-8)9(2)24-6-11-10(15(24)25)3-4-21-13(11)16(26)27/h3-5,9H,6-7H2,1-2H3,(H,26,27). The molecule has 8 nitrogen and oxygen atoms in total. The number of fused-ring (bicyclic) bond motifs is 1. The van der Waals surface area contributed by atoms with E-state index in [0.29, 0.717) is 11.3 Å². The van der Waals surface area contributed by atoms with Gasteiger partial charge in [0.15, 0.2) is 12.3 Å². The molecule has 1 amide bonds. The van der Waals surface area contributed by atoms with Gasteiger partial charge in [0.1, 0.15) is 0 Å². The number of ether oxygens (including phenoxy) is 1. The third-order valence-corrected chi connectivity index (χ3v) is 4.27. The molecule has 1 aliphatic heterocycles. The number of pyridine rings is 1. The second-order valence-corrected chi connectivity index (χ2v) is 6.19. The summed E-state index contributed by atoms with van der Waals surface area (Å²) in [5, 5.41) is 9.24. The summed E-state index contributed by atoms with van der Waals surface area (Å²) in [7, 11) is 0. The molecule has 2 aromatic rings. The van der Waals surface area contributed by atoms with Crippen LogP contribution in [0.4, 0.5) is 13.2 Å². The molecule has 11 heteroatoms. The minimum atomic E-state index is -4.50. The zero-order valence-electron chi connectivity index (χ0n) is 14.8. The van der Waals surface area contributed by atoms with Crippen molar-refractivity contribution in [3.8, 4) is 5.88 Å². The summed E-state index contributed by atoms with van der Waals surface area (Å²) in [6.07, 6.45) is -2.01. The lowest BCUT2D eigenvalue weighted by Crippen LogP contribution is -2.28. The first-order valence-electron chi connectivity index (χ1n) is 8.13. The predicted octanol–water partition coefficient (Wildman–Crippen LogP) is 2.54. The molecule has 148 valence electrons. The van der Waals surface area contributed by atoms with Crippen LogP contribution in [0, 0.1) is 6.92 Å². The second kappa shape index (κ2) is 7.06. The molecule has 0 saturated heterocycles. The summed E-state index contributed by atoms with van der Waals surface area (Å²) >= 11 is 0. The number of carboxylic acids is 1. The molecule has 0 bridgehead atoms. The lowest BCUT2D eigenvalue weighted by atomic mass is 10.1. The van der Waals surface area contributed by atoms with Crippen molar-refractivity contribution in [2.24, 2.45) is 0 Å². The van der Waals surface area contributed by atoms with Gasteiger partial charge in [-0.2, -0.15) is 13.2 Å². The molecule has 1 atom stereocenters. The molecule has 2 aromatic heterocycles. The average Bonchev–Trinajstić information content (AvgIpc) is 2.96. The smallest absolute Gasteiger partial charge is 0.422 e. The van der Waals surface area contributed by atoms with E-state index in [1.165, 1.54) is 30.3 Å². The maximum absolute atomic E-state index is 12.7. The van der Waals surface area contributed by atoms with Crippen LogP contribution in [0.25, 0.3) is 0 Å². The van der Waals surface area contributed by atoms with Crippen molar-refractivity contribution in [2.75, 3.05) is 6.61 Å². The Morgan fingerprint density at radius 2 is 2.11 bits per heavy atom. The fraction of sp³-hybridized carbons (Fsp3) is 0.353. The van der Waals surface area contributed by atoms with Crippen LogP contribution >= 0.6 is 0 Å². The largest absolute Gasteiger partial charge is 0.477 e. The van der Waals surface area contributed by atoms with Crippen molar-refractivity contribution in [1.29, 1.82) is 0 Å². The van der Waals surface area contributed by atoms with E-state index in [-0.39, 0.29) is 35.3 Å². The number of aromatic nitrogens is 3. The Kier molecular flexibility index (Phi) is 4.92. The van der Waals surface area contributed by atoms with Gasteiger partial charge in [0.05, 0.1) is 23.6 Å². The Balaban J connectivity index is 1.82. The number of halogens is 3. The highest BCUT2D eigenvalue weighted by Crippen LogP contribution is 2.32. The van der Waals surface area contributed by atoms with Crippen LogP contribution in [-0.4, -0.2) is 49.6 Å². The van der Waals surface area contributed by atoms with Crippen LogP contribution in [-0.2, 0) is 6.54 Å². The summed E-state index contributed by atoms with van der Waals surface area (Å²) in [6, 6.07) is 0.853. The average molecular weight is 396 g/mol. The number of alkyl halides is 3. The molecule has 1 N–H and O–H groups in total. The number of carbonyl (C=O) groups is 2. The van der Waals surface area contributed by atoms with Gasteiger partial charge in [-0.15, -0.1) is 0 Å². The molecule has 0 aliphatic carbocycles. The van der Waals surface area contributed by atoms with Gasteiger partial charge in [-0.1, -0.05) is 0 Å². The molecule has 1 aliphatic rings. The highest BCUT2D eigenvalue weighted by atomic mass is 19.4. The third-order valence-electron chi connectivity index (χ3n) is 4.27. The lowest BCUT2D eigenvalue weighted by molar-refractivity contribution is -0.154. The van der Waals surface area contributed by atoms with Crippen LogP contribution in [0.1, 0.15) is 50.8 Å². The van der Waals surface area contributed by atoms with E-state index in [1.807, 2.05) is 0 Å². The van der Waals surface area contributed by atoms with Crippen molar-refractivity contribution in [1.82, 2.24) is 19.9 Å². The van der Waals surface area contributed by atoms with Gasteiger partial charge >= 0.3 is 12.1 Å². The van der Waals surface area contributed by atoms with Crippen LogP contribution in [0.2, 0.25) is 0 Å². The number of aryl methyl sites for hydroxylation is 1. The topological polar surface area (TPSA) is 106 Å². The van der Waals surface area contributed by atoms with Crippen molar-refractivity contribution >= 4 is 11.9 Å². The van der Waals surface area contributed by atoms with E-state index < -0.39 is 24.8 Å². The minimum absolute atomic E-state index is 0.0257. The molecule has 0 saturated carbocycles. The molecule has 0 fully saturated rings. The Morgan fingerprint density at radius 1 is 1.39 bits per heavy atom. The Bertz CT molecular complexity index is 948. The Morgan fingerprint density at radius 3 is 2.71 bits per heavy atom. The van der Waals surface area contributed by atoms with Gasteiger partial charge in [-0.3, -0.25) is 4.79 Å². The number of carbonyl (C=O) groups excluding carboxylic acids is 1. The van der Waals surface area contributed by atoms with Crippen molar-refractivity contribution in [2.45, 2.75) is 32.6 Å². The van der Waals surface area contributed by atoms with E-state index in [9.17, 15) is 27.9 Å². The number of nitrogens with zero attached hydrogens (tertiary/aromatic N) is 4. The van der Waals surface area contributed by atoms with Gasteiger partial charge in [0.25, 0.3) is 5.91 Å². The number of rotatable bonds is 5. The van der Waals surface area contributed by atoms with E-state index >= 15 is 0 Å². The van der Waals surface area contributed by atoms with Crippen molar-refractivity contribution in [3.05, 3.63) is 46.7 Å². The first kappa shape index (κ1) is 19.5. The van der Waals surface area contributed by atoms with Crippen molar-refractivity contribution < 1.29 is 32.6 Å². The van der Waals surface area contributed by atoms with E-state index in [4.69, 9.17) is 0 Å². The summed E-state index contributed by atoms with van der Waals surface area (Å²) in [5.74, 6) is -1.87. The number of hydrogen-bond donors (Lipinski definition) is 1. The van der Waals surface area contributed by atoms with Gasteiger partial charge in [0.2, 0.25) is 5.88 Å². The normalized spacial score (nSPS) is 14.8. The highest BCUT2D eigenvalue weighted by molar-refractivity contribution is 6.01. The first-order valence-corrected chi connectivity index (χ1v) is 8.13. The molecule has 3 heterocycles. The molecule has 3 rings (SSSR count). The fourth-order valence-corrected chi connectivity index (χ4v) is 2.89. The predicted molar refractivity (Wildman–Crippen MR) is 87.8 cm³/mol. The molecular weight excluding hydrogens is 381 g/mol. The van der Waals surface area contributed by atoms with E-state index in [1.54, 1.807) is 6.92 Å². The highest BCUT2D eigenvalue weighted by Gasteiger charge is 2.35. The Labute approximate surface area is 157 Å². The van der Waals surface area contributed by atoms with E-state index in [2.05, 4.69) is 19.7 Å². The fourth-order valence-electron chi connectivity index (χ4n) is 2.89. The summed E-state index contributed by atoms with van der Waals surface area (Å²) in [5.41, 5.74) is 0.836. The van der Waals surface area contributed by atoms with E-state index in [0.717, 1.165) is 0 Å². The molecule has 0 radical (unpaired) electrons. The van der Waals surface area contributed by atoms with Crippen LogP contribution < -0.4 is 4.74 Å². The van der Waals surface area contributed by atoms with Gasteiger partial charge in [-0.05, 0) is 19.9 Å². The first-order chi connectivity index (χ1) is 13.1. The van der Waals surface area contributed by atoms with Crippen LogP contribution in [0.15, 0.2) is 18.5 Å². The van der Waals surface area contributed by atoms with Crippen LogP contribution in [0.5, 0.6) is 5.88 Å². The minimum Gasteiger partial charge on any atom is -0.477 e. The molecule has 0 spiro atoms. The van der Waals surface area contributed by atoms with Crippen LogP contribution in [0.3, 0.4) is 0 Å². The van der Waals surface area contributed by atoms with Crippen molar-refractivity contribution in [3.63, 3.8) is 0 Å². The van der Waals surface area contributed by atoms with Gasteiger partial charge < -0.3 is 14.7 Å².